The number of phenolic OH excluding ortho intramolecular Hbond substituents is 1. The number of allylic oxidation sites excluding steroid dienone is 1. The molecule has 0 heterocycles. The average molecular weight is 323 g/mol. The summed E-state index contributed by atoms with van der Waals surface area (Å²) in [5.74, 6) is -1.14. The maximum Gasteiger partial charge on any atom is 0.259 e. The van der Waals surface area contributed by atoms with Crippen LogP contribution in [0.5, 0.6) is 5.75 Å². The molecule has 0 unspecified atom stereocenters. The molecular formula is C18H17N3O3. The molecule has 3 N–H and O–H groups in total. The molecule has 2 aromatic rings. The number of nitrogens with one attached hydrogen (secondary N) is 2. The Hall–Kier alpha value is -3.41. The summed E-state index contributed by atoms with van der Waals surface area (Å²) in [4.78, 5) is 23.4. The first-order valence-corrected chi connectivity index (χ1v) is 7.26. The summed E-state index contributed by atoms with van der Waals surface area (Å²) < 4.78 is 0. The van der Waals surface area contributed by atoms with Crippen molar-refractivity contribution in [3.05, 3.63) is 71.8 Å². The van der Waals surface area contributed by atoms with Gasteiger partial charge in [0, 0.05) is 6.21 Å². The lowest BCUT2D eigenvalue weighted by atomic mass is 10.2. The fraction of sp³-hybridized carbons (Fsp3) is 0.0556. The molecule has 0 fully saturated rings. The summed E-state index contributed by atoms with van der Waals surface area (Å²) in [6.07, 6.45) is 4.97. The second-order valence-electron chi connectivity index (χ2n) is 4.78. The third-order valence-electron chi connectivity index (χ3n) is 3.00. The largest absolute Gasteiger partial charge is 0.507 e. The van der Waals surface area contributed by atoms with Crippen molar-refractivity contribution in [2.45, 2.75) is 0 Å². The van der Waals surface area contributed by atoms with E-state index in [1.54, 1.807) is 18.2 Å². The van der Waals surface area contributed by atoms with E-state index in [1.165, 1.54) is 18.3 Å². The molecule has 0 spiro atoms. The number of hydrogen-bond donors (Lipinski definition) is 3. The van der Waals surface area contributed by atoms with E-state index in [2.05, 4.69) is 15.8 Å². The normalized spacial score (nSPS) is 10.8. The number of para-hydroxylation sites is 1. The molecule has 122 valence electrons. The first-order valence-electron chi connectivity index (χ1n) is 7.26. The molecule has 0 aliphatic rings. The number of phenols is 1. The van der Waals surface area contributed by atoms with Gasteiger partial charge >= 0.3 is 0 Å². The van der Waals surface area contributed by atoms with E-state index in [9.17, 15) is 14.7 Å². The van der Waals surface area contributed by atoms with Crippen LogP contribution in [0.2, 0.25) is 0 Å². The van der Waals surface area contributed by atoms with Gasteiger partial charge in [-0.05, 0) is 23.8 Å². The van der Waals surface area contributed by atoms with E-state index in [-0.39, 0.29) is 17.9 Å². The molecule has 2 amide bonds. The second-order valence-corrected chi connectivity index (χ2v) is 4.78. The van der Waals surface area contributed by atoms with E-state index in [4.69, 9.17) is 0 Å². The van der Waals surface area contributed by atoms with Crippen LogP contribution in [0.3, 0.4) is 0 Å². The Morgan fingerprint density at radius 2 is 1.75 bits per heavy atom. The summed E-state index contributed by atoms with van der Waals surface area (Å²) in [5, 5.41) is 15.7. The standard InChI is InChI=1S/C18H17N3O3/c22-16-11-5-4-10-15(16)18(24)19-13-17(23)21-20-12-6-9-14-7-2-1-3-8-14/h1-12,22H,13H2,(H,19,24)(H,21,23). The fourth-order valence-corrected chi connectivity index (χ4v) is 1.83. The molecule has 0 radical (unpaired) electrons. The van der Waals surface area contributed by atoms with Gasteiger partial charge in [-0.3, -0.25) is 9.59 Å². The minimum atomic E-state index is -0.531. The highest BCUT2D eigenvalue weighted by atomic mass is 16.3. The Kier molecular flexibility index (Phi) is 6.28. The number of rotatable bonds is 6. The van der Waals surface area contributed by atoms with E-state index < -0.39 is 11.8 Å². The molecular weight excluding hydrogens is 306 g/mol. The second kappa shape index (κ2) is 8.89. The van der Waals surface area contributed by atoms with Crippen molar-refractivity contribution < 1.29 is 14.7 Å². The lowest BCUT2D eigenvalue weighted by Gasteiger charge is -2.05. The number of nitrogens with zero attached hydrogens (tertiary/aromatic N) is 1. The topological polar surface area (TPSA) is 90.8 Å². The zero-order chi connectivity index (χ0) is 17.2. The number of hydrazone groups is 1. The molecule has 0 atom stereocenters. The van der Waals surface area contributed by atoms with Gasteiger partial charge in [-0.1, -0.05) is 48.5 Å². The number of carbonyl (C=O) groups is 2. The minimum Gasteiger partial charge on any atom is -0.507 e. The quantitative estimate of drug-likeness (QED) is 0.560. The fourth-order valence-electron chi connectivity index (χ4n) is 1.83. The van der Waals surface area contributed by atoms with Crippen molar-refractivity contribution in [3.63, 3.8) is 0 Å². The van der Waals surface area contributed by atoms with Crippen LogP contribution in [0, 0.1) is 0 Å². The van der Waals surface area contributed by atoms with Crippen molar-refractivity contribution in [1.82, 2.24) is 10.7 Å². The Morgan fingerprint density at radius 1 is 1.04 bits per heavy atom. The van der Waals surface area contributed by atoms with Gasteiger partial charge in [-0.2, -0.15) is 5.10 Å². The zero-order valence-electron chi connectivity index (χ0n) is 12.8. The van der Waals surface area contributed by atoms with Crippen molar-refractivity contribution in [2.75, 3.05) is 6.54 Å². The van der Waals surface area contributed by atoms with Gasteiger partial charge in [0.2, 0.25) is 0 Å². The van der Waals surface area contributed by atoms with E-state index in [0.29, 0.717) is 0 Å². The first-order chi connectivity index (χ1) is 11.7. The molecule has 0 saturated carbocycles. The van der Waals surface area contributed by atoms with Gasteiger partial charge in [-0.15, -0.1) is 0 Å². The van der Waals surface area contributed by atoms with Crippen LogP contribution in [0.15, 0.2) is 65.8 Å². The Labute approximate surface area is 139 Å². The van der Waals surface area contributed by atoms with Gasteiger partial charge in [-0.25, -0.2) is 5.43 Å². The number of carbonyl (C=O) groups excluding carboxylic acids is 2. The van der Waals surface area contributed by atoms with Crippen molar-refractivity contribution in [1.29, 1.82) is 0 Å². The van der Waals surface area contributed by atoms with E-state index >= 15 is 0 Å². The number of amides is 2. The summed E-state index contributed by atoms with van der Waals surface area (Å²) in [5.41, 5.74) is 3.42. The first kappa shape index (κ1) is 17.0. The van der Waals surface area contributed by atoms with Gasteiger partial charge in [0.05, 0.1) is 12.1 Å². The smallest absolute Gasteiger partial charge is 0.259 e. The predicted molar refractivity (Wildman–Crippen MR) is 92.6 cm³/mol. The summed E-state index contributed by atoms with van der Waals surface area (Å²) in [7, 11) is 0. The maximum absolute atomic E-state index is 11.8. The molecule has 6 nitrogen and oxygen atoms in total. The highest BCUT2D eigenvalue weighted by Gasteiger charge is 2.10. The van der Waals surface area contributed by atoms with Crippen molar-refractivity contribution in [2.24, 2.45) is 5.10 Å². The minimum absolute atomic E-state index is 0.111. The van der Waals surface area contributed by atoms with Crippen LogP contribution in [0.1, 0.15) is 15.9 Å². The third-order valence-corrected chi connectivity index (χ3v) is 3.00. The highest BCUT2D eigenvalue weighted by molar-refractivity contribution is 5.98. The van der Waals surface area contributed by atoms with Crippen LogP contribution in [0.4, 0.5) is 0 Å². The lowest BCUT2D eigenvalue weighted by Crippen LogP contribution is -2.34. The third kappa shape index (κ3) is 5.42. The molecule has 0 saturated heterocycles. The lowest BCUT2D eigenvalue weighted by molar-refractivity contribution is -0.120. The van der Waals surface area contributed by atoms with Crippen molar-refractivity contribution >= 4 is 24.1 Å². The summed E-state index contributed by atoms with van der Waals surface area (Å²) >= 11 is 0. The Morgan fingerprint density at radius 3 is 2.50 bits per heavy atom. The average Bonchev–Trinajstić information content (AvgIpc) is 2.60. The molecule has 2 aromatic carbocycles. The molecule has 0 aromatic heterocycles. The van der Waals surface area contributed by atoms with Gasteiger partial charge in [0.1, 0.15) is 5.75 Å². The van der Waals surface area contributed by atoms with Crippen LogP contribution in [-0.4, -0.2) is 29.7 Å². The molecule has 2 rings (SSSR count). The van der Waals surface area contributed by atoms with Crippen molar-refractivity contribution in [3.8, 4) is 5.75 Å². The van der Waals surface area contributed by atoms with Gasteiger partial charge < -0.3 is 10.4 Å². The molecule has 0 aliphatic heterocycles. The number of aromatic hydroxyl groups is 1. The molecule has 6 heteroatoms. The Bertz CT molecular complexity index is 755. The Balaban J connectivity index is 1.73. The van der Waals surface area contributed by atoms with Crippen LogP contribution in [-0.2, 0) is 4.79 Å². The van der Waals surface area contributed by atoms with Crippen LogP contribution < -0.4 is 10.7 Å². The van der Waals surface area contributed by atoms with E-state index in [0.717, 1.165) is 5.56 Å². The van der Waals surface area contributed by atoms with Gasteiger partial charge in [0.15, 0.2) is 0 Å². The van der Waals surface area contributed by atoms with Crippen LogP contribution >= 0.6 is 0 Å². The predicted octanol–water partition coefficient (Wildman–Crippen LogP) is 1.94. The zero-order valence-corrected chi connectivity index (χ0v) is 12.8. The molecule has 24 heavy (non-hydrogen) atoms. The van der Waals surface area contributed by atoms with E-state index in [1.807, 2.05) is 36.4 Å². The highest BCUT2D eigenvalue weighted by Crippen LogP contribution is 2.14. The summed E-state index contributed by atoms with van der Waals surface area (Å²) in [6, 6.07) is 15.8. The number of benzene rings is 2. The maximum atomic E-state index is 11.8. The molecule has 0 aliphatic carbocycles. The monoisotopic (exact) mass is 323 g/mol. The molecule has 0 bridgehead atoms. The van der Waals surface area contributed by atoms with Crippen LogP contribution in [0.25, 0.3) is 6.08 Å². The summed E-state index contributed by atoms with van der Waals surface area (Å²) in [6.45, 7) is -0.243. The van der Waals surface area contributed by atoms with Gasteiger partial charge in [0.25, 0.3) is 11.8 Å². The SMILES string of the molecule is O=C(CNC(=O)c1ccccc1O)NN=CC=Cc1ccccc1. The number of hydrogen-bond acceptors (Lipinski definition) is 4.